The molecule has 1 aliphatic carbocycles. The van der Waals surface area contributed by atoms with E-state index in [9.17, 15) is 14.4 Å². The Labute approximate surface area is 181 Å². The summed E-state index contributed by atoms with van der Waals surface area (Å²) in [7, 11) is 1.60. The van der Waals surface area contributed by atoms with Crippen molar-refractivity contribution in [3.63, 3.8) is 0 Å². The summed E-state index contributed by atoms with van der Waals surface area (Å²) in [4.78, 5) is 38.7. The number of ether oxygens (including phenoxy) is 2. The maximum atomic E-state index is 12.6. The van der Waals surface area contributed by atoms with Crippen LogP contribution >= 0.6 is 0 Å². The lowest BCUT2D eigenvalue weighted by atomic mass is 9.81. The number of nitrogens with zero attached hydrogens (tertiary/aromatic N) is 1. The molecule has 2 N–H and O–H groups in total. The molecule has 0 unspecified atom stereocenters. The smallest absolute Gasteiger partial charge is 0.253 e. The molecule has 4 rings (SSSR count). The Balaban J connectivity index is 1.26. The highest BCUT2D eigenvalue weighted by atomic mass is 16.5. The summed E-state index contributed by atoms with van der Waals surface area (Å²) in [6.45, 7) is 3.05. The SMILES string of the molecule is COc1cccc(NC(=O)C2CCC(CNc3c(N4CCOCC4)c(=O)c3=O)CC2)c1. The monoisotopic (exact) mass is 427 g/mol. The minimum atomic E-state index is -0.423. The third-order valence-corrected chi connectivity index (χ3v) is 6.33. The van der Waals surface area contributed by atoms with Gasteiger partial charge in [0, 0.05) is 37.3 Å². The Kier molecular flexibility index (Phi) is 6.56. The predicted octanol–water partition coefficient (Wildman–Crippen LogP) is 1.98. The summed E-state index contributed by atoms with van der Waals surface area (Å²) in [6.07, 6.45) is 3.44. The van der Waals surface area contributed by atoms with Crippen LogP contribution in [-0.2, 0) is 9.53 Å². The number of nitrogens with one attached hydrogen (secondary N) is 2. The Bertz CT molecular complexity index is 984. The number of anilines is 3. The van der Waals surface area contributed by atoms with Gasteiger partial charge in [0.05, 0.1) is 20.3 Å². The van der Waals surface area contributed by atoms with Gasteiger partial charge in [0.15, 0.2) is 0 Å². The second-order valence-corrected chi connectivity index (χ2v) is 8.30. The summed E-state index contributed by atoms with van der Waals surface area (Å²) in [5, 5.41) is 6.21. The van der Waals surface area contributed by atoms with Crippen molar-refractivity contribution in [2.75, 3.05) is 55.5 Å². The Morgan fingerprint density at radius 2 is 1.87 bits per heavy atom. The highest BCUT2D eigenvalue weighted by Crippen LogP contribution is 2.31. The van der Waals surface area contributed by atoms with E-state index in [-0.39, 0.29) is 11.8 Å². The highest BCUT2D eigenvalue weighted by Gasteiger charge is 2.29. The van der Waals surface area contributed by atoms with Gasteiger partial charge in [0.1, 0.15) is 17.1 Å². The maximum absolute atomic E-state index is 12.6. The van der Waals surface area contributed by atoms with Crippen molar-refractivity contribution in [2.24, 2.45) is 11.8 Å². The fraction of sp³-hybridized carbons (Fsp3) is 0.522. The number of rotatable bonds is 7. The van der Waals surface area contributed by atoms with Crippen LogP contribution in [0.1, 0.15) is 25.7 Å². The third kappa shape index (κ3) is 4.74. The molecule has 1 saturated carbocycles. The average molecular weight is 428 g/mol. The molecule has 31 heavy (non-hydrogen) atoms. The summed E-state index contributed by atoms with van der Waals surface area (Å²) < 4.78 is 10.5. The molecule has 2 aromatic carbocycles. The van der Waals surface area contributed by atoms with E-state index in [0.29, 0.717) is 55.9 Å². The van der Waals surface area contributed by atoms with Crippen molar-refractivity contribution in [1.29, 1.82) is 0 Å². The van der Waals surface area contributed by atoms with Crippen LogP contribution in [0.5, 0.6) is 5.75 Å². The first-order valence-corrected chi connectivity index (χ1v) is 10.9. The third-order valence-electron chi connectivity index (χ3n) is 6.33. The molecule has 0 spiro atoms. The van der Waals surface area contributed by atoms with Crippen LogP contribution in [0.15, 0.2) is 33.9 Å². The first kappa shape index (κ1) is 21.4. The molecule has 2 aliphatic rings. The first-order valence-electron chi connectivity index (χ1n) is 10.9. The van der Waals surface area contributed by atoms with Crippen molar-refractivity contribution < 1.29 is 14.3 Å². The molecule has 0 bridgehead atoms. The zero-order chi connectivity index (χ0) is 21.8. The first-order chi connectivity index (χ1) is 15.1. The van der Waals surface area contributed by atoms with Crippen LogP contribution in [-0.4, -0.2) is 45.9 Å². The fourth-order valence-electron chi connectivity index (χ4n) is 4.45. The lowest BCUT2D eigenvalue weighted by Crippen LogP contribution is -2.47. The van der Waals surface area contributed by atoms with Gasteiger partial charge in [-0.1, -0.05) is 6.07 Å². The normalized spacial score (nSPS) is 21.6. The molecule has 8 nitrogen and oxygen atoms in total. The topological polar surface area (TPSA) is 97.0 Å². The number of carbonyl (C=O) groups excluding carboxylic acids is 1. The quantitative estimate of drug-likeness (QED) is 0.652. The fourth-order valence-corrected chi connectivity index (χ4v) is 4.45. The molecule has 1 heterocycles. The zero-order valence-electron chi connectivity index (χ0n) is 17.8. The molecular formula is C23H29N3O5. The van der Waals surface area contributed by atoms with Crippen molar-refractivity contribution in [2.45, 2.75) is 25.7 Å². The minimum absolute atomic E-state index is 0.0162. The molecule has 8 heteroatoms. The standard InChI is InChI=1S/C23H29N3O5/c1-30-18-4-2-3-17(13-18)25-23(29)16-7-5-15(6-8-16)14-24-19-20(22(28)21(19)27)26-9-11-31-12-10-26/h2-4,13,15-16,24H,5-12,14H2,1H3,(H,25,29). The number of morpholine rings is 1. The molecular weight excluding hydrogens is 398 g/mol. The van der Waals surface area contributed by atoms with Gasteiger partial charge in [0.2, 0.25) is 5.91 Å². The van der Waals surface area contributed by atoms with Crippen LogP contribution in [0.4, 0.5) is 17.1 Å². The molecule has 1 amide bonds. The number of hydrogen-bond acceptors (Lipinski definition) is 7. The lowest BCUT2D eigenvalue weighted by molar-refractivity contribution is -0.121. The van der Waals surface area contributed by atoms with Gasteiger partial charge < -0.3 is 25.0 Å². The summed E-state index contributed by atoms with van der Waals surface area (Å²) in [6, 6.07) is 7.36. The summed E-state index contributed by atoms with van der Waals surface area (Å²) in [5.41, 5.74) is 0.878. The molecule has 2 aromatic rings. The van der Waals surface area contributed by atoms with Crippen LogP contribution in [0.25, 0.3) is 0 Å². The molecule has 0 aromatic heterocycles. The molecule has 1 saturated heterocycles. The Hall–Kier alpha value is -2.87. The molecule has 2 fully saturated rings. The van der Waals surface area contributed by atoms with E-state index < -0.39 is 10.9 Å². The maximum Gasteiger partial charge on any atom is 0.253 e. The van der Waals surface area contributed by atoms with Crippen molar-refractivity contribution in [3.05, 3.63) is 44.7 Å². The van der Waals surface area contributed by atoms with E-state index in [1.54, 1.807) is 7.11 Å². The van der Waals surface area contributed by atoms with E-state index >= 15 is 0 Å². The Morgan fingerprint density at radius 3 is 2.58 bits per heavy atom. The van der Waals surface area contributed by atoms with E-state index in [4.69, 9.17) is 9.47 Å². The van der Waals surface area contributed by atoms with Gasteiger partial charge in [-0.05, 0) is 43.7 Å². The van der Waals surface area contributed by atoms with Crippen LogP contribution < -0.4 is 31.1 Å². The van der Waals surface area contributed by atoms with E-state index in [0.717, 1.165) is 31.4 Å². The highest BCUT2D eigenvalue weighted by molar-refractivity contribution is 5.92. The molecule has 166 valence electrons. The van der Waals surface area contributed by atoms with Crippen molar-refractivity contribution in [1.82, 2.24) is 0 Å². The Morgan fingerprint density at radius 1 is 1.13 bits per heavy atom. The van der Waals surface area contributed by atoms with Gasteiger partial charge in [-0.25, -0.2) is 0 Å². The number of methoxy groups -OCH3 is 1. The molecule has 0 radical (unpaired) electrons. The second kappa shape index (κ2) is 9.51. The van der Waals surface area contributed by atoms with E-state index in [2.05, 4.69) is 10.6 Å². The summed E-state index contributed by atoms with van der Waals surface area (Å²) >= 11 is 0. The average Bonchev–Trinajstić information content (AvgIpc) is 2.82. The predicted molar refractivity (Wildman–Crippen MR) is 120 cm³/mol. The van der Waals surface area contributed by atoms with Crippen molar-refractivity contribution in [3.8, 4) is 5.75 Å². The molecule has 1 aliphatic heterocycles. The summed E-state index contributed by atoms with van der Waals surface area (Å²) in [5.74, 6) is 1.11. The molecule has 0 atom stereocenters. The number of hydrogen-bond donors (Lipinski definition) is 2. The van der Waals surface area contributed by atoms with Crippen molar-refractivity contribution >= 4 is 23.0 Å². The number of amides is 1. The zero-order valence-corrected chi connectivity index (χ0v) is 17.8. The van der Waals surface area contributed by atoms with Gasteiger partial charge in [-0.15, -0.1) is 0 Å². The minimum Gasteiger partial charge on any atom is -0.497 e. The number of benzene rings is 1. The number of carbonyl (C=O) groups is 1. The van der Waals surface area contributed by atoms with Gasteiger partial charge in [-0.3, -0.25) is 14.4 Å². The lowest BCUT2D eigenvalue weighted by Gasteiger charge is -2.32. The van der Waals surface area contributed by atoms with Gasteiger partial charge >= 0.3 is 0 Å². The van der Waals surface area contributed by atoms with Gasteiger partial charge in [0.25, 0.3) is 10.9 Å². The van der Waals surface area contributed by atoms with Crippen LogP contribution in [0, 0.1) is 11.8 Å². The second-order valence-electron chi connectivity index (χ2n) is 8.30. The largest absolute Gasteiger partial charge is 0.497 e. The van der Waals surface area contributed by atoms with Crippen LogP contribution in [0.2, 0.25) is 0 Å². The van der Waals surface area contributed by atoms with E-state index in [1.165, 1.54) is 0 Å². The van der Waals surface area contributed by atoms with Gasteiger partial charge in [-0.2, -0.15) is 0 Å². The van der Waals surface area contributed by atoms with Crippen LogP contribution in [0.3, 0.4) is 0 Å². The van der Waals surface area contributed by atoms with E-state index in [1.807, 2.05) is 29.2 Å².